The summed E-state index contributed by atoms with van der Waals surface area (Å²) in [6.07, 6.45) is 0.926. The molecule has 2 aromatic rings. The van der Waals surface area contributed by atoms with Crippen molar-refractivity contribution in [3.63, 3.8) is 0 Å². The lowest BCUT2D eigenvalue weighted by Crippen LogP contribution is -2.44. The lowest BCUT2D eigenvalue weighted by Gasteiger charge is -2.24. The molecule has 1 fully saturated rings. The molecule has 0 bridgehead atoms. The second kappa shape index (κ2) is 9.21. The third-order valence-electron chi connectivity index (χ3n) is 5.89. The van der Waals surface area contributed by atoms with Crippen LogP contribution in [0, 0.1) is 0 Å². The molecule has 0 aromatic heterocycles. The highest BCUT2D eigenvalue weighted by atomic mass is 16.5. The van der Waals surface area contributed by atoms with Crippen LogP contribution in [0.25, 0.3) is 0 Å². The number of hydrogen-bond donors (Lipinski definition) is 0. The zero-order chi connectivity index (χ0) is 22.7. The van der Waals surface area contributed by atoms with Gasteiger partial charge in [0.25, 0.3) is 11.8 Å². The van der Waals surface area contributed by atoms with Crippen molar-refractivity contribution in [2.75, 3.05) is 39.8 Å². The fourth-order valence-electron chi connectivity index (χ4n) is 4.06. The summed E-state index contributed by atoms with van der Waals surface area (Å²) >= 11 is 0. The summed E-state index contributed by atoms with van der Waals surface area (Å²) in [5.74, 6) is -0.424. The van der Waals surface area contributed by atoms with Crippen molar-refractivity contribution in [3.05, 3.63) is 65.2 Å². The molecule has 8 heteroatoms. The van der Waals surface area contributed by atoms with Crippen LogP contribution in [0.3, 0.4) is 0 Å². The highest BCUT2D eigenvalue weighted by Crippen LogP contribution is 2.22. The summed E-state index contributed by atoms with van der Waals surface area (Å²) < 4.78 is 5.14. The van der Waals surface area contributed by atoms with E-state index < -0.39 is 11.8 Å². The van der Waals surface area contributed by atoms with Gasteiger partial charge < -0.3 is 14.5 Å². The Kier molecular flexibility index (Phi) is 6.20. The van der Waals surface area contributed by atoms with E-state index >= 15 is 0 Å². The quantitative estimate of drug-likeness (QED) is 0.666. The van der Waals surface area contributed by atoms with E-state index in [1.807, 2.05) is 24.3 Å². The molecule has 4 amide bonds. The molecule has 166 valence electrons. The molecule has 0 radical (unpaired) electrons. The van der Waals surface area contributed by atoms with Gasteiger partial charge >= 0.3 is 0 Å². The van der Waals surface area contributed by atoms with Crippen LogP contribution in [0.15, 0.2) is 48.5 Å². The summed E-state index contributed by atoms with van der Waals surface area (Å²) in [5, 5.41) is 0. The largest absolute Gasteiger partial charge is 0.497 e. The molecule has 0 aliphatic carbocycles. The lowest BCUT2D eigenvalue weighted by molar-refractivity contribution is -0.133. The number of hydrogen-bond acceptors (Lipinski definition) is 5. The SMILES string of the molecule is COc1ccc(CC(=O)N2CCCN(C(=O)CN3C(=O)c4ccccc4C3=O)CC2)cc1. The number of methoxy groups -OCH3 is 1. The smallest absolute Gasteiger partial charge is 0.262 e. The van der Waals surface area contributed by atoms with Crippen LogP contribution in [-0.4, -0.2) is 78.2 Å². The standard InChI is InChI=1S/C24H25N3O5/c1-32-18-9-7-17(8-10-18)15-21(28)25-11-4-12-26(14-13-25)22(29)16-27-23(30)19-5-2-3-6-20(19)24(27)31/h2-3,5-10H,4,11-16H2,1H3. The molecular weight excluding hydrogens is 410 g/mol. The van der Waals surface area contributed by atoms with E-state index in [2.05, 4.69) is 0 Å². The number of benzene rings is 2. The first-order valence-corrected chi connectivity index (χ1v) is 10.6. The van der Waals surface area contributed by atoms with Crippen molar-refractivity contribution in [1.82, 2.24) is 14.7 Å². The van der Waals surface area contributed by atoms with Crippen molar-refractivity contribution >= 4 is 23.6 Å². The van der Waals surface area contributed by atoms with Crippen LogP contribution in [0.5, 0.6) is 5.75 Å². The summed E-state index contributed by atoms with van der Waals surface area (Å²) in [7, 11) is 1.60. The molecule has 2 aliphatic rings. The number of amides is 4. The van der Waals surface area contributed by atoms with Gasteiger partial charge in [-0.25, -0.2) is 0 Å². The topological polar surface area (TPSA) is 87.2 Å². The number of nitrogens with zero attached hydrogens (tertiary/aromatic N) is 3. The van der Waals surface area contributed by atoms with Gasteiger partial charge in [0.2, 0.25) is 11.8 Å². The van der Waals surface area contributed by atoms with Gasteiger partial charge in [-0.15, -0.1) is 0 Å². The molecule has 1 saturated heterocycles. The Labute approximate surface area is 186 Å². The second-order valence-corrected chi connectivity index (χ2v) is 7.88. The van der Waals surface area contributed by atoms with Crippen LogP contribution in [0.4, 0.5) is 0 Å². The molecule has 0 N–H and O–H groups in total. The van der Waals surface area contributed by atoms with Crippen LogP contribution >= 0.6 is 0 Å². The molecule has 2 heterocycles. The highest BCUT2D eigenvalue weighted by molar-refractivity contribution is 6.22. The fourth-order valence-corrected chi connectivity index (χ4v) is 4.06. The maximum atomic E-state index is 12.8. The van der Waals surface area contributed by atoms with Crippen LogP contribution in [-0.2, 0) is 16.0 Å². The molecule has 0 saturated carbocycles. The molecule has 32 heavy (non-hydrogen) atoms. The monoisotopic (exact) mass is 435 g/mol. The molecule has 2 aromatic carbocycles. The summed E-state index contributed by atoms with van der Waals surface area (Å²) in [6, 6.07) is 14.0. The Bertz CT molecular complexity index is 1010. The highest BCUT2D eigenvalue weighted by Gasteiger charge is 2.37. The second-order valence-electron chi connectivity index (χ2n) is 7.88. The minimum Gasteiger partial charge on any atom is -0.497 e. The number of carbonyl (C=O) groups is 4. The molecule has 0 unspecified atom stereocenters. The molecule has 8 nitrogen and oxygen atoms in total. The zero-order valence-electron chi connectivity index (χ0n) is 18.0. The third-order valence-corrected chi connectivity index (χ3v) is 5.89. The Hall–Kier alpha value is -3.68. The van der Waals surface area contributed by atoms with Crippen LogP contribution < -0.4 is 4.74 Å². The Morgan fingerprint density at radius 2 is 1.38 bits per heavy atom. The van der Waals surface area contributed by atoms with E-state index in [0.717, 1.165) is 16.2 Å². The molecule has 2 aliphatic heterocycles. The lowest BCUT2D eigenvalue weighted by atomic mass is 10.1. The van der Waals surface area contributed by atoms with Gasteiger partial charge in [-0.3, -0.25) is 24.1 Å². The van der Waals surface area contributed by atoms with Crippen molar-refractivity contribution in [1.29, 1.82) is 0 Å². The van der Waals surface area contributed by atoms with Gasteiger partial charge in [-0.1, -0.05) is 24.3 Å². The first-order chi connectivity index (χ1) is 15.5. The molecule has 0 spiro atoms. The Morgan fingerprint density at radius 3 is 1.94 bits per heavy atom. The predicted octanol–water partition coefficient (Wildman–Crippen LogP) is 1.59. The van der Waals surface area contributed by atoms with E-state index in [1.165, 1.54) is 0 Å². The Morgan fingerprint density at radius 1 is 0.812 bits per heavy atom. The van der Waals surface area contributed by atoms with E-state index in [-0.39, 0.29) is 24.8 Å². The summed E-state index contributed by atoms with van der Waals surface area (Å²) in [6.45, 7) is 1.55. The minimum atomic E-state index is -0.440. The van der Waals surface area contributed by atoms with E-state index in [9.17, 15) is 19.2 Å². The fraction of sp³-hybridized carbons (Fsp3) is 0.333. The van der Waals surface area contributed by atoms with Gasteiger partial charge in [0, 0.05) is 26.2 Å². The van der Waals surface area contributed by atoms with Crippen molar-refractivity contribution < 1.29 is 23.9 Å². The van der Waals surface area contributed by atoms with Crippen molar-refractivity contribution in [3.8, 4) is 5.75 Å². The number of rotatable bonds is 5. The van der Waals surface area contributed by atoms with E-state index in [0.29, 0.717) is 43.7 Å². The van der Waals surface area contributed by atoms with E-state index in [1.54, 1.807) is 41.2 Å². The Balaban J connectivity index is 1.33. The van der Waals surface area contributed by atoms with Crippen molar-refractivity contribution in [2.24, 2.45) is 0 Å². The van der Waals surface area contributed by atoms with Crippen LogP contribution in [0.2, 0.25) is 0 Å². The number of carbonyl (C=O) groups excluding carboxylic acids is 4. The molecular formula is C24H25N3O5. The summed E-state index contributed by atoms with van der Waals surface area (Å²) in [4.78, 5) is 55.0. The summed E-state index contributed by atoms with van der Waals surface area (Å²) in [5.41, 5.74) is 1.56. The maximum Gasteiger partial charge on any atom is 0.262 e. The van der Waals surface area contributed by atoms with Gasteiger partial charge in [0.1, 0.15) is 12.3 Å². The molecule has 4 rings (SSSR count). The normalized spacial score (nSPS) is 16.1. The number of ether oxygens (including phenoxy) is 1. The van der Waals surface area contributed by atoms with Gasteiger partial charge in [0.15, 0.2) is 0 Å². The number of fused-ring (bicyclic) bond motifs is 1. The minimum absolute atomic E-state index is 0.00446. The maximum absolute atomic E-state index is 12.8. The van der Waals surface area contributed by atoms with Gasteiger partial charge in [0.05, 0.1) is 24.7 Å². The average molecular weight is 435 g/mol. The average Bonchev–Trinajstić information content (AvgIpc) is 2.98. The van der Waals surface area contributed by atoms with Crippen molar-refractivity contribution in [2.45, 2.75) is 12.8 Å². The van der Waals surface area contributed by atoms with Gasteiger partial charge in [-0.2, -0.15) is 0 Å². The van der Waals surface area contributed by atoms with Crippen LogP contribution in [0.1, 0.15) is 32.7 Å². The molecule has 0 atom stereocenters. The van der Waals surface area contributed by atoms with Gasteiger partial charge in [-0.05, 0) is 36.2 Å². The predicted molar refractivity (Wildman–Crippen MR) is 116 cm³/mol. The third kappa shape index (κ3) is 4.34. The zero-order valence-corrected chi connectivity index (χ0v) is 18.0. The van der Waals surface area contributed by atoms with E-state index in [4.69, 9.17) is 4.74 Å². The first-order valence-electron chi connectivity index (χ1n) is 10.6. The first kappa shape index (κ1) is 21.5. The number of imide groups is 1.